The van der Waals surface area contributed by atoms with Crippen molar-refractivity contribution in [1.82, 2.24) is 0 Å². The first-order chi connectivity index (χ1) is 9.51. The van der Waals surface area contributed by atoms with E-state index in [1.165, 1.54) is 0 Å². The molecule has 20 heavy (non-hydrogen) atoms. The molecule has 0 spiro atoms. The number of hydrogen-bond acceptors (Lipinski definition) is 3. The van der Waals surface area contributed by atoms with Crippen molar-refractivity contribution in [3.63, 3.8) is 0 Å². The van der Waals surface area contributed by atoms with Gasteiger partial charge in [-0.15, -0.1) is 6.58 Å². The monoisotopic (exact) mass is 273 g/mol. The second-order valence-electron chi connectivity index (χ2n) is 5.32. The number of cyclic esters (lactones) is 1. The minimum Gasteiger partial charge on any atom is -0.454 e. The first-order valence-electron chi connectivity index (χ1n) is 6.74. The van der Waals surface area contributed by atoms with E-state index in [-0.39, 0.29) is 23.9 Å². The lowest BCUT2D eigenvalue weighted by Crippen LogP contribution is -2.16. The predicted octanol–water partition coefficient (Wildman–Crippen LogP) is 2.53. The number of carbonyl (C=O) groups excluding carboxylic acids is 2. The number of nitrogens with two attached hydrogens (primary N) is 1. The molecule has 0 bridgehead atoms. The van der Waals surface area contributed by atoms with Crippen molar-refractivity contribution < 1.29 is 14.3 Å². The normalized spacial score (nSPS) is 18.2. The van der Waals surface area contributed by atoms with E-state index in [0.29, 0.717) is 18.4 Å². The van der Waals surface area contributed by atoms with Crippen LogP contribution in [-0.2, 0) is 16.0 Å². The number of ether oxygens (including phenoxy) is 1. The zero-order valence-electron chi connectivity index (χ0n) is 11.6. The van der Waals surface area contributed by atoms with Crippen LogP contribution in [0.4, 0.5) is 0 Å². The standard InChI is InChI=1S/C16H19NO3/c1-3-4-14-12-6-5-11(7-10(2)8-15(17)18)9-13(12)16(19)20-14/h3,5-6,9-10,14H,1,4,7-8H2,2H3,(H2,17,18)/t10?,14-/m1/s1. The lowest BCUT2D eigenvalue weighted by molar-refractivity contribution is -0.118. The van der Waals surface area contributed by atoms with Crippen LogP contribution in [0.3, 0.4) is 0 Å². The summed E-state index contributed by atoms with van der Waals surface area (Å²) in [5, 5.41) is 0. The molecule has 1 heterocycles. The van der Waals surface area contributed by atoms with Gasteiger partial charge in [0.2, 0.25) is 5.91 Å². The zero-order valence-corrected chi connectivity index (χ0v) is 11.6. The van der Waals surface area contributed by atoms with Crippen LogP contribution in [0.25, 0.3) is 0 Å². The van der Waals surface area contributed by atoms with E-state index in [1.54, 1.807) is 6.08 Å². The third-order valence-electron chi connectivity index (χ3n) is 3.45. The number of benzene rings is 1. The first-order valence-corrected chi connectivity index (χ1v) is 6.74. The van der Waals surface area contributed by atoms with Crippen molar-refractivity contribution in [1.29, 1.82) is 0 Å². The average Bonchev–Trinajstić information content (AvgIpc) is 2.65. The lowest BCUT2D eigenvalue weighted by atomic mass is 9.94. The SMILES string of the molecule is C=CC[C@H]1OC(=O)c2cc(CC(C)CC(N)=O)ccc21. The molecule has 0 radical (unpaired) electrons. The number of hydrogen-bond donors (Lipinski definition) is 1. The van der Waals surface area contributed by atoms with E-state index in [4.69, 9.17) is 10.5 Å². The molecule has 1 unspecified atom stereocenters. The Morgan fingerprint density at radius 2 is 2.30 bits per heavy atom. The zero-order chi connectivity index (χ0) is 14.7. The van der Waals surface area contributed by atoms with Gasteiger partial charge in [-0.05, 0) is 24.0 Å². The fourth-order valence-corrected chi connectivity index (χ4v) is 2.59. The highest BCUT2D eigenvalue weighted by Gasteiger charge is 2.30. The number of fused-ring (bicyclic) bond motifs is 1. The number of carbonyl (C=O) groups is 2. The van der Waals surface area contributed by atoms with E-state index >= 15 is 0 Å². The van der Waals surface area contributed by atoms with Gasteiger partial charge in [0.05, 0.1) is 5.56 Å². The van der Waals surface area contributed by atoms with Crippen LogP contribution in [0.2, 0.25) is 0 Å². The van der Waals surface area contributed by atoms with Crippen LogP contribution in [0.1, 0.15) is 47.4 Å². The molecule has 2 atom stereocenters. The maximum Gasteiger partial charge on any atom is 0.339 e. The Labute approximate surface area is 118 Å². The topological polar surface area (TPSA) is 69.4 Å². The average molecular weight is 273 g/mol. The van der Waals surface area contributed by atoms with Crippen LogP contribution in [-0.4, -0.2) is 11.9 Å². The van der Waals surface area contributed by atoms with Gasteiger partial charge >= 0.3 is 5.97 Å². The van der Waals surface area contributed by atoms with Crippen molar-refractivity contribution in [2.45, 2.75) is 32.3 Å². The molecule has 0 saturated heterocycles. The fraction of sp³-hybridized carbons (Fsp3) is 0.375. The maximum absolute atomic E-state index is 11.8. The van der Waals surface area contributed by atoms with E-state index in [2.05, 4.69) is 6.58 Å². The van der Waals surface area contributed by atoms with Gasteiger partial charge in [0, 0.05) is 18.4 Å². The summed E-state index contributed by atoms with van der Waals surface area (Å²) in [4.78, 5) is 22.7. The minimum absolute atomic E-state index is 0.159. The fourth-order valence-electron chi connectivity index (χ4n) is 2.59. The van der Waals surface area contributed by atoms with Crippen LogP contribution in [0, 0.1) is 5.92 Å². The number of esters is 1. The highest BCUT2D eigenvalue weighted by Crippen LogP contribution is 2.34. The summed E-state index contributed by atoms with van der Waals surface area (Å²) < 4.78 is 5.31. The van der Waals surface area contributed by atoms with E-state index in [0.717, 1.165) is 17.5 Å². The molecule has 1 aliphatic heterocycles. The Morgan fingerprint density at radius 3 is 2.95 bits per heavy atom. The molecule has 0 aromatic heterocycles. The molecule has 2 N–H and O–H groups in total. The second-order valence-corrected chi connectivity index (χ2v) is 5.32. The smallest absolute Gasteiger partial charge is 0.339 e. The number of rotatable bonds is 6. The molecule has 106 valence electrons. The number of primary amides is 1. The highest BCUT2D eigenvalue weighted by atomic mass is 16.5. The lowest BCUT2D eigenvalue weighted by Gasteiger charge is -2.10. The largest absolute Gasteiger partial charge is 0.454 e. The Bertz CT molecular complexity index is 551. The maximum atomic E-state index is 11.8. The molecular weight excluding hydrogens is 254 g/mol. The summed E-state index contributed by atoms with van der Waals surface area (Å²) in [6.07, 6.45) is 3.22. The third kappa shape index (κ3) is 3.07. The molecule has 4 nitrogen and oxygen atoms in total. The van der Waals surface area contributed by atoms with Gasteiger partial charge < -0.3 is 10.5 Å². The highest BCUT2D eigenvalue weighted by molar-refractivity contribution is 5.94. The van der Waals surface area contributed by atoms with Gasteiger partial charge in [0.25, 0.3) is 0 Å². The molecule has 2 rings (SSSR count). The summed E-state index contributed by atoms with van der Waals surface area (Å²) in [6.45, 7) is 5.64. The Hall–Kier alpha value is -2.10. The molecule has 1 aliphatic rings. The van der Waals surface area contributed by atoms with E-state index in [1.807, 2.05) is 25.1 Å². The van der Waals surface area contributed by atoms with Gasteiger partial charge in [-0.1, -0.05) is 25.1 Å². The van der Waals surface area contributed by atoms with Crippen molar-refractivity contribution in [3.05, 3.63) is 47.5 Å². The van der Waals surface area contributed by atoms with Gasteiger partial charge in [0.1, 0.15) is 6.10 Å². The summed E-state index contributed by atoms with van der Waals surface area (Å²) in [5.74, 6) is -0.424. The summed E-state index contributed by atoms with van der Waals surface area (Å²) >= 11 is 0. The van der Waals surface area contributed by atoms with Gasteiger partial charge in [-0.25, -0.2) is 4.79 Å². The van der Waals surface area contributed by atoms with E-state index in [9.17, 15) is 9.59 Å². The summed E-state index contributed by atoms with van der Waals surface area (Å²) in [7, 11) is 0. The quantitative estimate of drug-likeness (QED) is 0.639. The van der Waals surface area contributed by atoms with Gasteiger partial charge in [-0.2, -0.15) is 0 Å². The Kier molecular flexibility index (Phi) is 4.23. The van der Waals surface area contributed by atoms with Gasteiger partial charge in [-0.3, -0.25) is 4.79 Å². The van der Waals surface area contributed by atoms with Gasteiger partial charge in [0.15, 0.2) is 0 Å². The molecule has 4 heteroatoms. The molecule has 0 aliphatic carbocycles. The van der Waals surface area contributed by atoms with Crippen LogP contribution in [0.5, 0.6) is 0 Å². The van der Waals surface area contributed by atoms with Crippen molar-refractivity contribution in [2.24, 2.45) is 11.7 Å². The number of amides is 1. The van der Waals surface area contributed by atoms with Crippen molar-refractivity contribution in [2.75, 3.05) is 0 Å². The van der Waals surface area contributed by atoms with Crippen LogP contribution < -0.4 is 5.73 Å². The molecule has 1 aromatic rings. The minimum atomic E-state index is -0.302. The molecule has 0 fully saturated rings. The Morgan fingerprint density at radius 1 is 1.55 bits per heavy atom. The molecule has 0 saturated carbocycles. The van der Waals surface area contributed by atoms with Crippen molar-refractivity contribution >= 4 is 11.9 Å². The first kappa shape index (κ1) is 14.3. The summed E-state index contributed by atoms with van der Waals surface area (Å²) in [5.41, 5.74) is 7.75. The third-order valence-corrected chi connectivity index (χ3v) is 3.45. The molecule has 1 amide bonds. The molecule has 1 aromatic carbocycles. The van der Waals surface area contributed by atoms with E-state index < -0.39 is 0 Å². The van der Waals surface area contributed by atoms with Crippen molar-refractivity contribution in [3.8, 4) is 0 Å². The van der Waals surface area contributed by atoms with Crippen LogP contribution in [0.15, 0.2) is 30.9 Å². The van der Waals surface area contributed by atoms with Crippen LogP contribution >= 0.6 is 0 Å². The summed E-state index contributed by atoms with van der Waals surface area (Å²) in [6, 6.07) is 5.77. The second kappa shape index (κ2) is 5.90. The molecular formula is C16H19NO3. The predicted molar refractivity (Wildman–Crippen MR) is 76.1 cm³/mol. The Balaban J connectivity index is 2.16.